The first-order valence-corrected chi connectivity index (χ1v) is 4.51. The Hall–Kier alpha value is -1.35. The van der Waals surface area contributed by atoms with Crippen molar-refractivity contribution in [3.05, 3.63) is 40.9 Å². The molecule has 1 heterocycles. The summed E-state index contributed by atoms with van der Waals surface area (Å²) in [5, 5.41) is 0.487. The minimum atomic E-state index is -0.321. The van der Waals surface area contributed by atoms with Gasteiger partial charge in [-0.05, 0) is 25.1 Å². The Labute approximate surface area is 85.8 Å². The predicted octanol–water partition coefficient (Wildman–Crippen LogP) is 3.18. The number of benzene rings is 1. The zero-order valence-corrected chi connectivity index (χ0v) is 8.27. The molecule has 2 nitrogen and oxygen atoms in total. The van der Waals surface area contributed by atoms with Crippen molar-refractivity contribution in [3.63, 3.8) is 0 Å². The fourth-order valence-electron chi connectivity index (χ4n) is 1.23. The first-order chi connectivity index (χ1) is 6.66. The summed E-state index contributed by atoms with van der Waals surface area (Å²) in [5.41, 5.74) is 1.50. The van der Waals surface area contributed by atoms with E-state index in [-0.39, 0.29) is 5.82 Å². The smallest absolute Gasteiger partial charge is 0.139 e. The van der Waals surface area contributed by atoms with Crippen LogP contribution in [0.4, 0.5) is 4.39 Å². The van der Waals surface area contributed by atoms with Gasteiger partial charge in [0.15, 0.2) is 0 Å². The van der Waals surface area contributed by atoms with Crippen LogP contribution in [0.25, 0.3) is 11.4 Å². The molecule has 0 spiro atoms. The second kappa shape index (κ2) is 3.42. The van der Waals surface area contributed by atoms with Crippen molar-refractivity contribution in [2.24, 2.45) is 0 Å². The summed E-state index contributed by atoms with van der Waals surface area (Å²) < 4.78 is 12.9. The predicted molar refractivity (Wildman–Crippen MR) is 53.7 cm³/mol. The number of halogens is 2. The largest absolute Gasteiger partial charge is 0.342 e. The van der Waals surface area contributed by atoms with E-state index in [2.05, 4.69) is 9.97 Å². The number of nitrogens with one attached hydrogen (secondary N) is 1. The lowest BCUT2D eigenvalue weighted by Gasteiger charge is -2.00. The number of aryl methyl sites for hydroxylation is 1. The van der Waals surface area contributed by atoms with Crippen LogP contribution < -0.4 is 0 Å². The van der Waals surface area contributed by atoms with E-state index < -0.39 is 0 Å². The molecule has 0 unspecified atom stereocenters. The Kier molecular flexibility index (Phi) is 2.25. The minimum Gasteiger partial charge on any atom is -0.342 e. The lowest BCUT2D eigenvalue weighted by atomic mass is 10.2. The highest BCUT2D eigenvalue weighted by Gasteiger charge is 2.07. The normalized spacial score (nSPS) is 10.5. The number of imidazole rings is 1. The van der Waals surface area contributed by atoms with Crippen LogP contribution >= 0.6 is 11.6 Å². The van der Waals surface area contributed by atoms with Gasteiger partial charge in [0.25, 0.3) is 0 Å². The molecule has 0 saturated carbocycles. The molecule has 0 fully saturated rings. The molecule has 2 aromatic rings. The highest BCUT2D eigenvalue weighted by atomic mass is 35.5. The molecule has 1 aromatic heterocycles. The molecule has 0 aliphatic carbocycles. The molecular weight excluding hydrogens is 203 g/mol. The van der Waals surface area contributed by atoms with Crippen LogP contribution in [0.1, 0.15) is 5.69 Å². The zero-order chi connectivity index (χ0) is 10.1. The molecule has 2 rings (SSSR count). The number of H-pyrrole nitrogens is 1. The quantitative estimate of drug-likeness (QED) is 0.770. The topological polar surface area (TPSA) is 28.7 Å². The van der Waals surface area contributed by atoms with Gasteiger partial charge < -0.3 is 4.98 Å². The SMILES string of the molecule is Cc1cnc(-c2cc(F)ccc2Cl)[nH]1. The lowest BCUT2D eigenvalue weighted by Crippen LogP contribution is -1.84. The van der Waals surface area contributed by atoms with Crippen molar-refractivity contribution >= 4 is 11.6 Å². The molecule has 72 valence electrons. The van der Waals surface area contributed by atoms with Gasteiger partial charge in [0.05, 0.1) is 5.02 Å². The van der Waals surface area contributed by atoms with Crippen LogP contribution in [-0.2, 0) is 0 Å². The van der Waals surface area contributed by atoms with Crippen molar-refractivity contribution in [1.82, 2.24) is 9.97 Å². The van der Waals surface area contributed by atoms with E-state index in [0.29, 0.717) is 16.4 Å². The Bertz CT molecular complexity index is 465. The van der Waals surface area contributed by atoms with Crippen LogP contribution in [0.15, 0.2) is 24.4 Å². The van der Waals surface area contributed by atoms with Crippen LogP contribution in [0.3, 0.4) is 0 Å². The molecular formula is C10H8ClFN2. The molecule has 14 heavy (non-hydrogen) atoms. The van der Waals surface area contributed by atoms with E-state index in [1.807, 2.05) is 6.92 Å². The average molecular weight is 211 g/mol. The summed E-state index contributed by atoms with van der Waals surface area (Å²) in [4.78, 5) is 7.08. The number of hydrogen-bond acceptors (Lipinski definition) is 1. The van der Waals surface area contributed by atoms with Gasteiger partial charge in [0.1, 0.15) is 11.6 Å². The Balaban J connectivity index is 2.55. The maximum absolute atomic E-state index is 12.9. The molecule has 0 aliphatic heterocycles. The van der Waals surface area contributed by atoms with Crippen molar-refractivity contribution < 1.29 is 4.39 Å². The van der Waals surface area contributed by atoms with Crippen molar-refractivity contribution in [3.8, 4) is 11.4 Å². The maximum atomic E-state index is 12.9. The summed E-state index contributed by atoms with van der Waals surface area (Å²) in [7, 11) is 0. The third-order valence-electron chi connectivity index (χ3n) is 1.89. The van der Waals surface area contributed by atoms with Gasteiger partial charge in [-0.15, -0.1) is 0 Å². The number of hydrogen-bond donors (Lipinski definition) is 1. The van der Waals surface area contributed by atoms with Gasteiger partial charge in [-0.2, -0.15) is 0 Å². The molecule has 1 aromatic carbocycles. The minimum absolute atomic E-state index is 0.321. The van der Waals surface area contributed by atoms with E-state index in [1.165, 1.54) is 18.2 Å². The third kappa shape index (κ3) is 1.63. The van der Waals surface area contributed by atoms with Crippen molar-refractivity contribution in [2.45, 2.75) is 6.92 Å². The lowest BCUT2D eigenvalue weighted by molar-refractivity contribution is 0.628. The molecule has 0 aliphatic rings. The van der Waals surface area contributed by atoms with Crippen LogP contribution in [0, 0.1) is 12.7 Å². The fraction of sp³-hybridized carbons (Fsp3) is 0.100. The van der Waals surface area contributed by atoms with Gasteiger partial charge >= 0.3 is 0 Å². The van der Waals surface area contributed by atoms with Crippen LogP contribution in [0.5, 0.6) is 0 Å². The highest BCUT2D eigenvalue weighted by Crippen LogP contribution is 2.25. The standard InChI is InChI=1S/C10H8ClFN2/c1-6-5-13-10(14-6)8-4-7(12)2-3-9(8)11/h2-5H,1H3,(H,13,14). The first-order valence-electron chi connectivity index (χ1n) is 4.14. The second-order valence-electron chi connectivity index (χ2n) is 3.04. The molecule has 0 amide bonds. The van der Waals surface area contributed by atoms with Crippen LogP contribution in [-0.4, -0.2) is 9.97 Å². The monoisotopic (exact) mass is 210 g/mol. The molecule has 0 radical (unpaired) electrons. The Morgan fingerprint density at radius 2 is 2.21 bits per heavy atom. The number of rotatable bonds is 1. The Morgan fingerprint density at radius 3 is 2.86 bits per heavy atom. The highest BCUT2D eigenvalue weighted by molar-refractivity contribution is 6.33. The second-order valence-corrected chi connectivity index (χ2v) is 3.45. The number of aromatic amines is 1. The maximum Gasteiger partial charge on any atom is 0.139 e. The van der Waals surface area contributed by atoms with Gasteiger partial charge in [-0.1, -0.05) is 11.6 Å². The van der Waals surface area contributed by atoms with E-state index in [9.17, 15) is 4.39 Å². The van der Waals surface area contributed by atoms with E-state index in [1.54, 1.807) is 6.20 Å². The summed E-state index contributed by atoms with van der Waals surface area (Å²) in [6.45, 7) is 1.88. The van der Waals surface area contributed by atoms with Crippen molar-refractivity contribution in [2.75, 3.05) is 0 Å². The molecule has 0 bridgehead atoms. The average Bonchev–Trinajstić information content (AvgIpc) is 2.56. The summed E-state index contributed by atoms with van der Waals surface area (Å²) in [6, 6.07) is 4.20. The summed E-state index contributed by atoms with van der Waals surface area (Å²) >= 11 is 5.91. The van der Waals surface area contributed by atoms with Gasteiger partial charge in [0, 0.05) is 17.5 Å². The molecule has 4 heteroatoms. The number of nitrogens with zero attached hydrogens (tertiary/aromatic N) is 1. The van der Waals surface area contributed by atoms with Gasteiger partial charge in [0.2, 0.25) is 0 Å². The van der Waals surface area contributed by atoms with Crippen molar-refractivity contribution in [1.29, 1.82) is 0 Å². The summed E-state index contributed by atoms with van der Waals surface area (Å²) in [5.74, 6) is 0.269. The fourth-order valence-corrected chi connectivity index (χ4v) is 1.44. The van der Waals surface area contributed by atoms with Gasteiger partial charge in [-0.3, -0.25) is 0 Å². The molecule has 1 N–H and O–H groups in total. The van der Waals surface area contributed by atoms with E-state index in [0.717, 1.165) is 5.69 Å². The van der Waals surface area contributed by atoms with E-state index in [4.69, 9.17) is 11.6 Å². The number of aromatic nitrogens is 2. The van der Waals surface area contributed by atoms with Gasteiger partial charge in [-0.25, -0.2) is 9.37 Å². The Morgan fingerprint density at radius 1 is 1.43 bits per heavy atom. The third-order valence-corrected chi connectivity index (χ3v) is 2.22. The molecule has 0 atom stereocenters. The first kappa shape index (κ1) is 9.21. The zero-order valence-electron chi connectivity index (χ0n) is 7.51. The summed E-state index contributed by atoms with van der Waals surface area (Å²) in [6.07, 6.45) is 1.68. The van der Waals surface area contributed by atoms with E-state index >= 15 is 0 Å². The van der Waals surface area contributed by atoms with Crippen LogP contribution in [0.2, 0.25) is 5.02 Å². The molecule has 0 saturated heterocycles.